The molecule has 8 nitrogen and oxygen atoms in total. The Morgan fingerprint density at radius 3 is 2.43 bits per heavy atom. The predicted molar refractivity (Wildman–Crippen MR) is 133 cm³/mol. The minimum Gasteiger partial charge on any atom is -0.495 e. The topological polar surface area (TPSA) is 121 Å². The van der Waals surface area contributed by atoms with E-state index in [-0.39, 0.29) is 11.5 Å². The Balaban J connectivity index is 2.05. The normalized spacial score (nSPS) is 11.6. The predicted octanol–water partition coefficient (Wildman–Crippen LogP) is 4.89. The summed E-state index contributed by atoms with van der Waals surface area (Å²) in [6.07, 6.45) is 1.45. The highest BCUT2D eigenvalue weighted by Crippen LogP contribution is 2.34. The maximum absolute atomic E-state index is 13.2. The summed E-state index contributed by atoms with van der Waals surface area (Å²) < 4.78 is 6.80. The number of amides is 1. The van der Waals surface area contributed by atoms with Gasteiger partial charge in [-0.1, -0.05) is 25.4 Å². The number of pyridine rings is 1. The molecule has 1 unspecified atom stereocenters. The van der Waals surface area contributed by atoms with Crippen molar-refractivity contribution < 1.29 is 19.4 Å². The van der Waals surface area contributed by atoms with Crippen LogP contribution in [0.2, 0.25) is 5.02 Å². The van der Waals surface area contributed by atoms with Gasteiger partial charge in [-0.2, -0.15) is 5.26 Å². The molecule has 9 heteroatoms. The van der Waals surface area contributed by atoms with E-state index in [4.69, 9.17) is 16.3 Å². The number of carbonyl (C=O) groups excluding carboxylic acids is 1. The highest BCUT2D eigenvalue weighted by Gasteiger charge is 2.27. The number of rotatable bonds is 7. The number of carboxylic acids is 1. The van der Waals surface area contributed by atoms with Gasteiger partial charge in [-0.05, 0) is 54.8 Å². The Labute approximate surface area is 207 Å². The molecule has 0 aliphatic heterocycles. The van der Waals surface area contributed by atoms with E-state index in [0.717, 1.165) is 0 Å². The molecule has 0 aliphatic rings. The first-order chi connectivity index (χ1) is 16.6. The summed E-state index contributed by atoms with van der Waals surface area (Å²) in [5, 5.41) is 21.9. The number of methoxy groups -OCH3 is 1. The van der Waals surface area contributed by atoms with Crippen LogP contribution in [0.3, 0.4) is 0 Å². The summed E-state index contributed by atoms with van der Waals surface area (Å²) in [7, 11) is 1.43. The first-order valence-corrected chi connectivity index (χ1v) is 11.1. The van der Waals surface area contributed by atoms with Crippen molar-refractivity contribution in [3.05, 3.63) is 80.7 Å². The van der Waals surface area contributed by atoms with E-state index in [1.807, 2.05) is 0 Å². The van der Waals surface area contributed by atoms with E-state index in [1.165, 1.54) is 36.1 Å². The average molecular weight is 494 g/mol. The van der Waals surface area contributed by atoms with Gasteiger partial charge in [0.25, 0.3) is 5.56 Å². The Bertz CT molecular complexity index is 1410. The molecule has 0 spiro atoms. The number of benzene rings is 2. The zero-order chi connectivity index (χ0) is 25.9. The molecule has 1 aromatic heterocycles. The summed E-state index contributed by atoms with van der Waals surface area (Å²) in [5.74, 6) is -1.48. The number of hydrogen-bond donors (Lipinski definition) is 2. The Morgan fingerprint density at radius 2 is 1.86 bits per heavy atom. The van der Waals surface area contributed by atoms with Gasteiger partial charge in [0.15, 0.2) is 0 Å². The van der Waals surface area contributed by atoms with Gasteiger partial charge in [-0.25, -0.2) is 4.79 Å². The van der Waals surface area contributed by atoms with E-state index >= 15 is 0 Å². The number of anilines is 1. The summed E-state index contributed by atoms with van der Waals surface area (Å²) in [5.41, 5.74) is 1.74. The molecular weight excluding hydrogens is 470 g/mol. The van der Waals surface area contributed by atoms with E-state index < -0.39 is 23.5 Å². The molecule has 1 atom stereocenters. The van der Waals surface area contributed by atoms with Gasteiger partial charge in [0, 0.05) is 27.9 Å². The minimum atomic E-state index is -1.06. The lowest BCUT2D eigenvalue weighted by Crippen LogP contribution is -2.36. The smallest absolute Gasteiger partial charge is 0.335 e. The largest absolute Gasteiger partial charge is 0.495 e. The van der Waals surface area contributed by atoms with Gasteiger partial charge in [0.2, 0.25) is 5.91 Å². The van der Waals surface area contributed by atoms with Crippen molar-refractivity contribution in [3.8, 4) is 22.9 Å². The molecule has 180 valence electrons. The zero-order valence-electron chi connectivity index (χ0n) is 19.6. The molecule has 1 heterocycles. The van der Waals surface area contributed by atoms with Crippen LogP contribution in [0.1, 0.15) is 41.4 Å². The first-order valence-electron chi connectivity index (χ1n) is 10.7. The van der Waals surface area contributed by atoms with E-state index in [2.05, 4.69) is 11.4 Å². The van der Waals surface area contributed by atoms with Crippen LogP contribution < -0.4 is 15.6 Å². The number of carbonyl (C=O) groups is 2. The maximum atomic E-state index is 13.2. The van der Waals surface area contributed by atoms with Gasteiger partial charge in [-0.15, -0.1) is 0 Å². The molecule has 35 heavy (non-hydrogen) atoms. The zero-order valence-corrected chi connectivity index (χ0v) is 20.4. The van der Waals surface area contributed by atoms with E-state index in [0.29, 0.717) is 38.7 Å². The maximum Gasteiger partial charge on any atom is 0.335 e. The van der Waals surface area contributed by atoms with Crippen molar-refractivity contribution in [2.75, 3.05) is 12.4 Å². The average Bonchev–Trinajstić information content (AvgIpc) is 2.79. The number of aryl methyl sites for hydroxylation is 1. The SMILES string of the molecule is COc1cn(C(C(=O)Nc2ccc(C(=O)O)c(C)c2)C(C)C)c(=O)cc1-c1cc(Cl)ccc1C#N. The fourth-order valence-electron chi connectivity index (χ4n) is 3.90. The van der Waals surface area contributed by atoms with Crippen LogP contribution in [0.25, 0.3) is 11.1 Å². The lowest BCUT2D eigenvalue weighted by atomic mass is 9.99. The number of aromatic nitrogens is 1. The first kappa shape index (κ1) is 25.5. The van der Waals surface area contributed by atoms with Crippen LogP contribution in [0, 0.1) is 24.2 Å². The highest BCUT2D eigenvalue weighted by atomic mass is 35.5. The molecule has 3 aromatic rings. The second-order valence-corrected chi connectivity index (χ2v) is 8.75. The van der Waals surface area contributed by atoms with Crippen LogP contribution in [0.15, 0.2) is 53.5 Å². The van der Waals surface area contributed by atoms with Crippen molar-refractivity contribution in [1.82, 2.24) is 4.57 Å². The lowest BCUT2D eigenvalue weighted by molar-refractivity contribution is -0.120. The fourth-order valence-corrected chi connectivity index (χ4v) is 4.08. The molecule has 1 amide bonds. The lowest BCUT2D eigenvalue weighted by Gasteiger charge is -2.24. The van der Waals surface area contributed by atoms with Crippen molar-refractivity contribution in [1.29, 1.82) is 5.26 Å². The summed E-state index contributed by atoms with van der Waals surface area (Å²) in [4.78, 5) is 37.7. The number of hydrogen-bond acceptors (Lipinski definition) is 5. The minimum absolute atomic E-state index is 0.137. The van der Waals surface area contributed by atoms with Crippen molar-refractivity contribution in [2.24, 2.45) is 5.92 Å². The number of aromatic carboxylic acids is 1. The molecule has 0 fully saturated rings. The van der Waals surface area contributed by atoms with Gasteiger partial charge in [-0.3, -0.25) is 14.2 Å². The molecule has 2 aromatic carbocycles. The van der Waals surface area contributed by atoms with Gasteiger partial charge < -0.3 is 15.2 Å². The summed E-state index contributed by atoms with van der Waals surface area (Å²) >= 11 is 6.12. The molecule has 0 bridgehead atoms. The monoisotopic (exact) mass is 493 g/mol. The van der Waals surface area contributed by atoms with Gasteiger partial charge in [0.05, 0.1) is 30.5 Å². The molecule has 0 saturated heterocycles. The third-order valence-electron chi connectivity index (χ3n) is 5.58. The summed E-state index contributed by atoms with van der Waals surface area (Å²) in [6.45, 7) is 5.25. The number of halogens is 1. The third kappa shape index (κ3) is 5.36. The second kappa shape index (κ2) is 10.5. The van der Waals surface area contributed by atoms with Crippen molar-refractivity contribution in [3.63, 3.8) is 0 Å². The van der Waals surface area contributed by atoms with Crippen LogP contribution in [-0.4, -0.2) is 28.7 Å². The number of ether oxygens (including phenoxy) is 1. The summed E-state index contributed by atoms with van der Waals surface area (Å²) in [6, 6.07) is 11.7. The Kier molecular flexibility index (Phi) is 7.62. The fraction of sp³-hybridized carbons (Fsp3) is 0.231. The van der Waals surface area contributed by atoms with Gasteiger partial charge in [0.1, 0.15) is 11.8 Å². The van der Waals surface area contributed by atoms with E-state index in [1.54, 1.807) is 45.0 Å². The molecular formula is C26H24ClN3O5. The van der Waals surface area contributed by atoms with Crippen LogP contribution in [0.5, 0.6) is 5.75 Å². The van der Waals surface area contributed by atoms with Crippen molar-refractivity contribution in [2.45, 2.75) is 26.8 Å². The number of nitriles is 1. The Morgan fingerprint density at radius 1 is 1.14 bits per heavy atom. The highest BCUT2D eigenvalue weighted by molar-refractivity contribution is 6.31. The van der Waals surface area contributed by atoms with Crippen molar-refractivity contribution >= 4 is 29.2 Å². The van der Waals surface area contributed by atoms with E-state index in [9.17, 15) is 24.8 Å². The number of nitrogens with zero attached hydrogens (tertiary/aromatic N) is 2. The molecule has 2 N–H and O–H groups in total. The second-order valence-electron chi connectivity index (χ2n) is 8.32. The quantitative estimate of drug-likeness (QED) is 0.483. The van der Waals surface area contributed by atoms with Crippen LogP contribution >= 0.6 is 11.6 Å². The molecule has 0 aliphatic carbocycles. The Hall–Kier alpha value is -4.09. The van der Waals surface area contributed by atoms with Gasteiger partial charge >= 0.3 is 5.97 Å². The van der Waals surface area contributed by atoms with Crippen LogP contribution in [0.4, 0.5) is 5.69 Å². The third-order valence-corrected chi connectivity index (χ3v) is 5.82. The molecule has 0 saturated carbocycles. The molecule has 3 rings (SSSR count). The van der Waals surface area contributed by atoms with Crippen LogP contribution in [-0.2, 0) is 4.79 Å². The number of nitrogens with one attached hydrogen (secondary N) is 1. The molecule has 0 radical (unpaired) electrons. The standard InChI is InChI=1S/C26H24ClN3O5/c1-14(2)24(25(32)29-18-7-8-19(26(33)34)15(3)9-18)30-13-22(35-4)21(11-23(30)31)20-10-17(27)6-5-16(20)12-28/h5-11,13-14,24H,1-4H3,(H,29,32)(H,33,34). The number of carboxylic acid groups (broad SMARTS) is 1.